The van der Waals surface area contributed by atoms with E-state index >= 15 is 0 Å². The Balaban J connectivity index is 2.74. The average molecular weight is 243 g/mol. The Morgan fingerprint density at radius 3 is 2.94 bits per heavy atom. The lowest BCUT2D eigenvalue weighted by atomic mass is 10.2. The van der Waals surface area contributed by atoms with Gasteiger partial charge in [-0.3, -0.25) is 4.79 Å². The van der Waals surface area contributed by atoms with E-state index in [4.69, 9.17) is 22.1 Å². The second-order valence-electron chi connectivity index (χ2n) is 3.24. The first-order chi connectivity index (χ1) is 7.69. The molecule has 0 saturated heterocycles. The van der Waals surface area contributed by atoms with Gasteiger partial charge in [-0.2, -0.15) is 0 Å². The number of hydrogen-bond donors (Lipinski definition) is 2. The van der Waals surface area contributed by atoms with E-state index in [0.717, 1.165) is 6.42 Å². The highest BCUT2D eigenvalue weighted by molar-refractivity contribution is 6.30. The number of amides is 1. The Labute approximate surface area is 99.7 Å². The molecule has 0 atom stereocenters. The van der Waals surface area contributed by atoms with E-state index < -0.39 is 0 Å². The molecular formula is C11H15ClN2O2. The standard InChI is InChI=1S/C11H15ClN2O2/c1-16-10-7-8(12)3-4-9(10)11(15)14-6-2-5-13/h3-4,7H,2,5-6,13H2,1H3,(H,14,15). The first kappa shape index (κ1) is 12.8. The largest absolute Gasteiger partial charge is 0.496 e. The summed E-state index contributed by atoms with van der Waals surface area (Å²) in [5.41, 5.74) is 5.81. The van der Waals surface area contributed by atoms with Gasteiger partial charge in [0.25, 0.3) is 5.91 Å². The van der Waals surface area contributed by atoms with Gasteiger partial charge < -0.3 is 15.8 Å². The van der Waals surface area contributed by atoms with Gasteiger partial charge in [0, 0.05) is 11.6 Å². The van der Waals surface area contributed by atoms with Crippen molar-refractivity contribution in [1.29, 1.82) is 0 Å². The third-order valence-electron chi connectivity index (χ3n) is 2.07. The normalized spacial score (nSPS) is 9.94. The molecule has 4 nitrogen and oxygen atoms in total. The zero-order chi connectivity index (χ0) is 12.0. The summed E-state index contributed by atoms with van der Waals surface area (Å²) >= 11 is 5.80. The predicted octanol–water partition coefficient (Wildman–Crippen LogP) is 1.43. The minimum absolute atomic E-state index is 0.179. The first-order valence-electron chi connectivity index (χ1n) is 5.01. The van der Waals surface area contributed by atoms with Gasteiger partial charge in [-0.15, -0.1) is 0 Å². The molecule has 0 aliphatic rings. The van der Waals surface area contributed by atoms with Crippen LogP contribution in [-0.4, -0.2) is 26.1 Å². The highest BCUT2D eigenvalue weighted by Crippen LogP contribution is 2.22. The number of nitrogens with one attached hydrogen (secondary N) is 1. The molecular weight excluding hydrogens is 228 g/mol. The number of halogens is 1. The van der Waals surface area contributed by atoms with Crippen LogP contribution in [0.3, 0.4) is 0 Å². The van der Waals surface area contributed by atoms with Crippen LogP contribution >= 0.6 is 11.6 Å². The number of methoxy groups -OCH3 is 1. The van der Waals surface area contributed by atoms with E-state index in [2.05, 4.69) is 5.32 Å². The van der Waals surface area contributed by atoms with Gasteiger partial charge >= 0.3 is 0 Å². The molecule has 1 aromatic rings. The zero-order valence-corrected chi connectivity index (χ0v) is 9.88. The summed E-state index contributed by atoms with van der Waals surface area (Å²) in [4.78, 5) is 11.7. The molecule has 1 aromatic carbocycles. The van der Waals surface area contributed by atoms with Gasteiger partial charge in [-0.1, -0.05) is 11.6 Å². The van der Waals surface area contributed by atoms with Crippen molar-refractivity contribution in [3.63, 3.8) is 0 Å². The van der Waals surface area contributed by atoms with Gasteiger partial charge in [0.05, 0.1) is 12.7 Å². The quantitative estimate of drug-likeness (QED) is 0.768. The summed E-state index contributed by atoms with van der Waals surface area (Å²) in [5.74, 6) is 0.291. The molecule has 0 radical (unpaired) electrons. The van der Waals surface area contributed by atoms with Crippen LogP contribution in [0.4, 0.5) is 0 Å². The molecule has 0 aliphatic heterocycles. The van der Waals surface area contributed by atoms with E-state index in [9.17, 15) is 4.79 Å². The lowest BCUT2D eigenvalue weighted by Gasteiger charge is -2.09. The maximum Gasteiger partial charge on any atom is 0.255 e. The zero-order valence-electron chi connectivity index (χ0n) is 9.13. The van der Waals surface area contributed by atoms with Gasteiger partial charge in [0.1, 0.15) is 5.75 Å². The lowest BCUT2D eigenvalue weighted by molar-refractivity contribution is 0.0950. The van der Waals surface area contributed by atoms with Crippen molar-refractivity contribution in [3.8, 4) is 5.75 Å². The number of benzene rings is 1. The van der Waals surface area contributed by atoms with E-state index in [1.807, 2.05) is 0 Å². The summed E-state index contributed by atoms with van der Waals surface area (Å²) in [5, 5.41) is 3.29. The van der Waals surface area contributed by atoms with Crippen molar-refractivity contribution in [2.75, 3.05) is 20.2 Å². The molecule has 0 aromatic heterocycles. The van der Waals surface area contributed by atoms with Gasteiger partial charge in [0.2, 0.25) is 0 Å². The average Bonchev–Trinajstić information content (AvgIpc) is 2.29. The Kier molecular flexibility index (Phi) is 5.08. The Hall–Kier alpha value is -1.26. The van der Waals surface area contributed by atoms with Crippen molar-refractivity contribution in [2.24, 2.45) is 5.73 Å². The molecule has 0 heterocycles. The third-order valence-corrected chi connectivity index (χ3v) is 2.31. The summed E-state index contributed by atoms with van der Waals surface area (Å²) in [6.45, 7) is 1.11. The maximum atomic E-state index is 11.7. The third kappa shape index (κ3) is 3.40. The fourth-order valence-electron chi connectivity index (χ4n) is 1.25. The fourth-order valence-corrected chi connectivity index (χ4v) is 1.41. The SMILES string of the molecule is COc1cc(Cl)ccc1C(=O)NCCCN. The summed E-state index contributed by atoms with van der Waals surface area (Å²) in [6.07, 6.45) is 0.752. The Bertz CT molecular complexity index is 369. The topological polar surface area (TPSA) is 64.3 Å². The number of nitrogens with two attached hydrogens (primary N) is 1. The van der Waals surface area contributed by atoms with Crippen LogP contribution in [0, 0.1) is 0 Å². The molecule has 0 spiro atoms. The predicted molar refractivity (Wildman–Crippen MR) is 64.0 cm³/mol. The molecule has 16 heavy (non-hydrogen) atoms. The van der Waals surface area contributed by atoms with Gasteiger partial charge in [0.15, 0.2) is 0 Å². The summed E-state index contributed by atoms with van der Waals surface area (Å²) < 4.78 is 5.08. The van der Waals surface area contributed by atoms with E-state index in [-0.39, 0.29) is 5.91 Å². The van der Waals surface area contributed by atoms with Crippen molar-refractivity contribution >= 4 is 17.5 Å². The van der Waals surface area contributed by atoms with Gasteiger partial charge in [-0.05, 0) is 31.2 Å². The highest BCUT2D eigenvalue weighted by atomic mass is 35.5. The van der Waals surface area contributed by atoms with Crippen molar-refractivity contribution < 1.29 is 9.53 Å². The molecule has 0 fully saturated rings. The highest BCUT2D eigenvalue weighted by Gasteiger charge is 2.11. The van der Waals surface area contributed by atoms with Crippen molar-refractivity contribution in [1.82, 2.24) is 5.32 Å². The number of carbonyl (C=O) groups excluding carboxylic acids is 1. The molecule has 0 aliphatic carbocycles. The van der Waals surface area contributed by atoms with Crippen LogP contribution in [-0.2, 0) is 0 Å². The number of carbonyl (C=O) groups is 1. The van der Waals surface area contributed by atoms with Crippen LogP contribution in [0.5, 0.6) is 5.75 Å². The smallest absolute Gasteiger partial charge is 0.255 e. The second-order valence-corrected chi connectivity index (χ2v) is 3.68. The van der Waals surface area contributed by atoms with E-state index in [1.54, 1.807) is 18.2 Å². The second kappa shape index (κ2) is 6.35. The first-order valence-corrected chi connectivity index (χ1v) is 5.38. The van der Waals surface area contributed by atoms with Crippen LogP contribution in [0.25, 0.3) is 0 Å². The Morgan fingerprint density at radius 1 is 1.56 bits per heavy atom. The van der Waals surface area contributed by atoms with E-state index in [0.29, 0.717) is 29.4 Å². The van der Waals surface area contributed by atoms with E-state index in [1.165, 1.54) is 7.11 Å². The summed E-state index contributed by atoms with van der Waals surface area (Å²) in [6, 6.07) is 4.90. The maximum absolute atomic E-state index is 11.7. The van der Waals surface area contributed by atoms with Crippen LogP contribution in [0.15, 0.2) is 18.2 Å². The molecule has 0 saturated carbocycles. The minimum Gasteiger partial charge on any atom is -0.496 e. The monoisotopic (exact) mass is 242 g/mol. The molecule has 0 unspecified atom stereocenters. The molecule has 1 rings (SSSR count). The number of hydrogen-bond acceptors (Lipinski definition) is 3. The summed E-state index contributed by atoms with van der Waals surface area (Å²) in [7, 11) is 1.50. The Morgan fingerprint density at radius 2 is 2.31 bits per heavy atom. The molecule has 5 heteroatoms. The van der Waals surface area contributed by atoms with Crippen LogP contribution in [0.1, 0.15) is 16.8 Å². The number of ether oxygens (including phenoxy) is 1. The van der Waals surface area contributed by atoms with Crippen molar-refractivity contribution in [3.05, 3.63) is 28.8 Å². The molecule has 1 amide bonds. The lowest BCUT2D eigenvalue weighted by Crippen LogP contribution is -2.26. The minimum atomic E-state index is -0.179. The molecule has 3 N–H and O–H groups in total. The fraction of sp³-hybridized carbons (Fsp3) is 0.364. The van der Waals surface area contributed by atoms with Crippen LogP contribution in [0.2, 0.25) is 5.02 Å². The molecule has 0 bridgehead atoms. The van der Waals surface area contributed by atoms with Crippen molar-refractivity contribution in [2.45, 2.75) is 6.42 Å². The van der Waals surface area contributed by atoms with Gasteiger partial charge in [-0.25, -0.2) is 0 Å². The number of rotatable bonds is 5. The van der Waals surface area contributed by atoms with Crippen LogP contribution < -0.4 is 15.8 Å². The molecule has 88 valence electrons.